The molecule has 1 aliphatic rings. The van der Waals surface area contributed by atoms with Crippen LogP contribution in [0.3, 0.4) is 0 Å². The van der Waals surface area contributed by atoms with Crippen LogP contribution < -0.4 is 11.1 Å². The van der Waals surface area contributed by atoms with Gasteiger partial charge in [0.1, 0.15) is 5.82 Å². The average Bonchev–Trinajstić information content (AvgIpc) is 3.00. The Labute approximate surface area is 95.3 Å². The van der Waals surface area contributed by atoms with Gasteiger partial charge in [-0.05, 0) is 31.4 Å². The maximum absolute atomic E-state index is 11.8. The lowest BCUT2D eigenvalue weighted by Crippen LogP contribution is -2.25. The topological polar surface area (TPSA) is 68.0 Å². The van der Waals surface area contributed by atoms with Crippen LogP contribution in [-0.4, -0.2) is 17.4 Å². The molecule has 4 nitrogen and oxygen atoms in total. The second-order valence-electron chi connectivity index (χ2n) is 4.41. The van der Waals surface area contributed by atoms with E-state index in [2.05, 4.69) is 10.3 Å². The molecular weight excluding hydrogens is 202 g/mol. The maximum atomic E-state index is 11.8. The van der Waals surface area contributed by atoms with Crippen molar-refractivity contribution in [3.63, 3.8) is 0 Å². The van der Waals surface area contributed by atoms with Crippen LogP contribution in [0.5, 0.6) is 0 Å². The summed E-state index contributed by atoms with van der Waals surface area (Å²) in [6.07, 6.45) is 3.72. The van der Waals surface area contributed by atoms with Crippen molar-refractivity contribution in [2.24, 2.45) is 5.92 Å². The summed E-state index contributed by atoms with van der Waals surface area (Å²) in [5, 5.41) is 2.90. The molecule has 1 aliphatic carbocycles. The first-order valence-corrected chi connectivity index (χ1v) is 5.67. The van der Waals surface area contributed by atoms with Crippen molar-refractivity contribution in [2.75, 3.05) is 12.3 Å². The smallest absolute Gasteiger partial charge is 0.251 e. The highest BCUT2D eigenvalue weighted by atomic mass is 16.1. The number of hydrogen-bond acceptors (Lipinski definition) is 3. The summed E-state index contributed by atoms with van der Waals surface area (Å²) in [6, 6.07) is 3.36. The molecule has 1 aromatic rings. The van der Waals surface area contributed by atoms with Gasteiger partial charge in [0.25, 0.3) is 5.91 Å². The third kappa shape index (κ3) is 2.95. The van der Waals surface area contributed by atoms with Gasteiger partial charge in [-0.15, -0.1) is 0 Å². The summed E-state index contributed by atoms with van der Waals surface area (Å²) < 4.78 is 0. The molecule has 0 aromatic carbocycles. The Hall–Kier alpha value is -1.58. The number of nitrogens with one attached hydrogen (secondary N) is 1. The van der Waals surface area contributed by atoms with E-state index >= 15 is 0 Å². The molecule has 0 radical (unpaired) electrons. The van der Waals surface area contributed by atoms with Crippen molar-refractivity contribution in [2.45, 2.75) is 26.2 Å². The molecule has 0 aliphatic heterocycles. The molecule has 3 N–H and O–H groups in total. The van der Waals surface area contributed by atoms with Crippen molar-refractivity contribution in [1.82, 2.24) is 10.3 Å². The first kappa shape index (κ1) is 10.9. The Morgan fingerprint density at radius 3 is 2.94 bits per heavy atom. The van der Waals surface area contributed by atoms with E-state index in [4.69, 9.17) is 5.73 Å². The van der Waals surface area contributed by atoms with Crippen LogP contribution in [0, 0.1) is 12.8 Å². The predicted molar refractivity (Wildman–Crippen MR) is 63.1 cm³/mol. The number of aromatic nitrogens is 1. The van der Waals surface area contributed by atoms with E-state index in [1.54, 1.807) is 12.1 Å². The first-order chi connectivity index (χ1) is 7.65. The van der Waals surface area contributed by atoms with Crippen LogP contribution >= 0.6 is 0 Å². The van der Waals surface area contributed by atoms with Gasteiger partial charge in [-0.3, -0.25) is 4.79 Å². The lowest BCUT2D eigenvalue weighted by Gasteiger charge is -2.06. The van der Waals surface area contributed by atoms with Crippen LogP contribution in [0.2, 0.25) is 0 Å². The van der Waals surface area contributed by atoms with Crippen molar-refractivity contribution < 1.29 is 4.79 Å². The average molecular weight is 219 g/mol. The second kappa shape index (κ2) is 4.51. The minimum atomic E-state index is -0.0575. The number of nitrogens with two attached hydrogens (primary N) is 1. The number of nitrogens with zero attached hydrogens (tertiary/aromatic N) is 1. The zero-order chi connectivity index (χ0) is 11.5. The largest absolute Gasteiger partial charge is 0.384 e. The van der Waals surface area contributed by atoms with E-state index in [9.17, 15) is 4.79 Å². The van der Waals surface area contributed by atoms with Gasteiger partial charge in [-0.25, -0.2) is 4.98 Å². The van der Waals surface area contributed by atoms with Crippen molar-refractivity contribution in [3.8, 4) is 0 Å². The fourth-order valence-electron chi connectivity index (χ4n) is 1.72. The van der Waals surface area contributed by atoms with E-state index in [0.717, 1.165) is 24.6 Å². The molecule has 2 rings (SSSR count). The lowest BCUT2D eigenvalue weighted by molar-refractivity contribution is 0.0952. The number of carbonyl (C=O) groups excluding carboxylic acids is 1. The third-order valence-corrected chi connectivity index (χ3v) is 2.77. The molecule has 1 saturated carbocycles. The standard InChI is InChI=1S/C12H17N3O/c1-8-6-10(7-11(13)15-8)12(16)14-5-4-9-2-3-9/h6-7,9H,2-5H2,1H3,(H2,13,15)(H,14,16). The SMILES string of the molecule is Cc1cc(C(=O)NCCC2CC2)cc(N)n1. The van der Waals surface area contributed by atoms with Gasteiger partial charge >= 0.3 is 0 Å². The number of pyridine rings is 1. The highest BCUT2D eigenvalue weighted by molar-refractivity contribution is 5.94. The molecule has 0 unspecified atom stereocenters. The number of rotatable bonds is 4. The van der Waals surface area contributed by atoms with Crippen LogP contribution in [-0.2, 0) is 0 Å². The quantitative estimate of drug-likeness (QED) is 0.806. The van der Waals surface area contributed by atoms with E-state index < -0.39 is 0 Å². The first-order valence-electron chi connectivity index (χ1n) is 5.67. The Bertz CT molecular complexity index is 379. The predicted octanol–water partition coefficient (Wildman–Crippen LogP) is 1.50. The van der Waals surface area contributed by atoms with Gasteiger partial charge in [0.15, 0.2) is 0 Å². The van der Waals surface area contributed by atoms with E-state index in [1.165, 1.54) is 12.8 Å². The summed E-state index contributed by atoms with van der Waals surface area (Å²) in [7, 11) is 0. The molecule has 86 valence electrons. The fourth-order valence-corrected chi connectivity index (χ4v) is 1.72. The molecule has 1 aromatic heterocycles. The van der Waals surface area contributed by atoms with E-state index in [1.807, 2.05) is 6.92 Å². The molecule has 0 saturated heterocycles. The molecule has 0 bridgehead atoms. The third-order valence-electron chi connectivity index (χ3n) is 2.77. The summed E-state index contributed by atoms with van der Waals surface area (Å²) >= 11 is 0. The molecule has 0 atom stereocenters. The van der Waals surface area contributed by atoms with Gasteiger partial charge in [-0.1, -0.05) is 12.8 Å². The number of carbonyl (C=O) groups is 1. The monoisotopic (exact) mass is 219 g/mol. The molecule has 0 spiro atoms. The maximum Gasteiger partial charge on any atom is 0.251 e. The summed E-state index contributed by atoms with van der Waals surface area (Å²) in [5.74, 6) is 1.18. The normalized spacial score (nSPS) is 14.8. The number of aryl methyl sites for hydroxylation is 1. The second-order valence-corrected chi connectivity index (χ2v) is 4.41. The highest BCUT2D eigenvalue weighted by Gasteiger charge is 2.20. The molecule has 1 heterocycles. The Balaban J connectivity index is 1.91. The van der Waals surface area contributed by atoms with Crippen molar-refractivity contribution in [1.29, 1.82) is 0 Å². The number of amides is 1. The van der Waals surface area contributed by atoms with Gasteiger partial charge < -0.3 is 11.1 Å². The van der Waals surface area contributed by atoms with Crippen LogP contribution in [0.4, 0.5) is 5.82 Å². The molecule has 1 fully saturated rings. The van der Waals surface area contributed by atoms with E-state index in [-0.39, 0.29) is 5.91 Å². The molecule has 1 amide bonds. The number of hydrogen-bond donors (Lipinski definition) is 2. The zero-order valence-electron chi connectivity index (χ0n) is 9.49. The van der Waals surface area contributed by atoms with Gasteiger partial charge in [0.05, 0.1) is 0 Å². The molecule has 4 heteroatoms. The number of nitrogen functional groups attached to an aromatic ring is 1. The summed E-state index contributed by atoms with van der Waals surface area (Å²) in [4.78, 5) is 15.8. The zero-order valence-corrected chi connectivity index (χ0v) is 9.49. The van der Waals surface area contributed by atoms with Crippen molar-refractivity contribution in [3.05, 3.63) is 23.4 Å². The Morgan fingerprint density at radius 1 is 1.56 bits per heavy atom. The Kier molecular flexibility index (Phi) is 3.08. The number of anilines is 1. The van der Waals surface area contributed by atoms with Gasteiger partial charge in [0.2, 0.25) is 0 Å². The van der Waals surface area contributed by atoms with Crippen LogP contribution in [0.15, 0.2) is 12.1 Å². The lowest BCUT2D eigenvalue weighted by atomic mass is 10.2. The Morgan fingerprint density at radius 2 is 2.31 bits per heavy atom. The van der Waals surface area contributed by atoms with E-state index in [0.29, 0.717) is 11.4 Å². The molecular formula is C12H17N3O. The minimum absolute atomic E-state index is 0.0575. The highest BCUT2D eigenvalue weighted by Crippen LogP contribution is 2.31. The minimum Gasteiger partial charge on any atom is -0.384 e. The molecule has 16 heavy (non-hydrogen) atoms. The van der Waals surface area contributed by atoms with Gasteiger partial charge in [0, 0.05) is 17.8 Å². The van der Waals surface area contributed by atoms with Crippen LogP contribution in [0.25, 0.3) is 0 Å². The summed E-state index contributed by atoms with van der Waals surface area (Å²) in [5.41, 5.74) is 6.96. The summed E-state index contributed by atoms with van der Waals surface area (Å²) in [6.45, 7) is 2.59. The van der Waals surface area contributed by atoms with Crippen molar-refractivity contribution >= 4 is 11.7 Å². The van der Waals surface area contributed by atoms with Gasteiger partial charge in [-0.2, -0.15) is 0 Å². The fraction of sp³-hybridized carbons (Fsp3) is 0.500. The van der Waals surface area contributed by atoms with Crippen LogP contribution in [0.1, 0.15) is 35.3 Å².